The van der Waals surface area contributed by atoms with Crippen molar-refractivity contribution < 1.29 is 19.1 Å². The second-order valence-corrected chi connectivity index (χ2v) is 4.35. The first-order valence-electron chi connectivity index (χ1n) is 5.76. The Morgan fingerprint density at radius 1 is 0.900 bits per heavy atom. The molecule has 0 bridgehead atoms. The lowest BCUT2D eigenvalue weighted by atomic mass is 10.0. The molecule has 0 fully saturated rings. The summed E-state index contributed by atoms with van der Waals surface area (Å²) in [6.45, 7) is 0. The molecule has 0 atom stereocenters. The summed E-state index contributed by atoms with van der Waals surface area (Å²) in [6, 6.07) is 12.8. The number of hydrogen-bond acceptors (Lipinski definition) is 4. The normalized spacial score (nSPS) is 9.90. The molecule has 0 spiro atoms. The quantitative estimate of drug-likeness (QED) is 0.491. The Kier molecular flexibility index (Phi) is 4.38. The van der Waals surface area contributed by atoms with Gasteiger partial charge in [0.25, 0.3) is 0 Å². The molecule has 2 aromatic rings. The van der Waals surface area contributed by atoms with Crippen molar-refractivity contribution >= 4 is 23.5 Å². The third-order valence-electron chi connectivity index (χ3n) is 2.59. The molecular weight excluding hydrogens is 280 g/mol. The maximum absolute atomic E-state index is 12.2. The molecule has 2 aromatic carbocycles. The van der Waals surface area contributed by atoms with E-state index in [1.54, 1.807) is 36.4 Å². The van der Waals surface area contributed by atoms with Crippen LogP contribution in [0.15, 0.2) is 48.5 Å². The zero-order valence-corrected chi connectivity index (χ0v) is 11.4. The van der Waals surface area contributed by atoms with E-state index in [4.69, 9.17) is 16.3 Å². The Balaban J connectivity index is 2.15. The lowest BCUT2D eigenvalue weighted by Crippen LogP contribution is -2.07. The first-order chi connectivity index (χ1) is 9.60. The van der Waals surface area contributed by atoms with Crippen LogP contribution in [0, 0.1) is 0 Å². The summed E-state index contributed by atoms with van der Waals surface area (Å²) in [7, 11) is 1.22. The number of carbonyl (C=O) groups is 2. The number of rotatable bonds is 3. The maximum atomic E-state index is 12.2. The topological polar surface area (TPSA) is 52.6 Å². The molecule has 20 heavy (non-hydrogen) atoms. The van der Waals surface area contributed by atoms with Crippen LogP contribution in [0.25, 0.3) is 0 Å². The molecule has 102 valence electrons. The van der Waals surface area contributed by atoms with Crippen LogP contribution < -0.4 is 4.74 Å². The second kappa shape index (κ2) is 6.21. The van der Waals surface area contributed by atoms with Crippen LogP contribution in [0.3, 0.4) is 0 Å². The first kappa shape index (κ1) is 14.1. The van der Waals surface area contributed by atoms with Crippen LogP contribution in [0.5, 0.6) is 5.75 Å². The molecule has 0 amide bonds. The van der Waals surface area contributed by atoms with Crippen molar-refractivity contribution in [3.63, 3.8) is 0 Å². The average Bonchev–Trinajstić information content (AvgIpc) is 2.48. The van der Waals surface area contributed by atoms with Crippen molar-refractivity contribution in [2.24, 2.45) is 0 Å². The standard InChI is InChI=1S/C15H11ClO4/c1-19-15(18)20-13-8-4-11(5-9-13)14(17)10-2-6-12(16)7-3-10/h2-9H,1H3. The highest BCUT2D eigenvalue weighted by Crippen LogP contribution is 2.17. The predicted molar refractivity (Wildman–Crippen MR) is 74.4 cm³/mol. The van der Waals surface area contributed by atoms with Crippen LogP contribution in [0.2, 0.25) is 5.02 Å². The minimum atomic E-state index is -0.804. The van der Waals surface area contributed by atoms with Gasteiger partial charge in [0.2, 0.25) is 0 Å². The van der Waals surface area contributed by atoms with Gasteiger partial charge in [-0.1, -0.05) is 11.6 Å². The molecule has 4 nitrogen and oxygen atoms in total. The number of hydrogen-bond donors (Lipinski definition) is 0. The number of ether oxygens (including phenoxy) is 2. The molecule has 0 heterocycles. The van der Waals surface area contributed by atoms with Crippen LogP contribution in [0.4, 0.5) is 4.79 Å². The molecule has 0 aliphatic rings. The van der Waals surface area contributed by atoms with Crippen LogP contribution in [-0.4, -0.2) is 19.0 Å². The van der Waals surface area contributed by atoms with Gasteiger partial charge in [0.1, 0.15) is 5.75 Å². The number of carbonyl (C=O) groups excluding carboxylic acids is 2. The monoisotopic (exact) mass is 290 g/mol. The number of ketones is 1. The summed E-state index contributed by atoms with van der Waals surface area (Å²) >= 11 is 5.77. The largest absolute Gasteiger partial charge is 0.513 e. The van der Waals surface area contributed by atoms with Crippen LogP contribution in [0.1, 0.15) is 15.9 Å². The third-order valence-corrected chi connectivity index (χ3v) is 2.84. The van der Waals surface area contributed by atoms with Gasteiger partial charge < -0.3 is 9.47 Å². The van der Waals surface area contributed by atoms with Gasteiger partial charge in [-0.15, -0.1) is 0 Å². The van der Waals surface area contributed by atoms with Gasteiger partial charge >= 0.3 is 6.16 Å². The SMILES string of the molecule is COC(=O)Oc1ccc(C(=O)c2ccc(Cl)cc2)cc1. The molecule has 0 aromatic heterocycles. The first-order valence-corrected chi connectivity index (χ1v) is 6.14. The summed E-state index contributed by atoms with van der Waals surface area (Å²) in [4.78, 5) is 23.1. The van der Waals surface area contributed by atoms with Crippen molar-refractivity contribution in [2.75, 3.05) is 7.11 Å². The highest BCUT2D eigenvalue weighted by Gasteiger charge is 2.10. The highest BCUT2D eigenvalue weighted by atomic mass is 35.5. The fourth-order valence-electron chi connectivity index (χ4n) is 1.58. The van der Waals surface area contributed by atoms with E-state index >= 15 is 0 Å². The average molecular weight is 291 g/mol. The van der Waals surface area contributed by atoms with Gasteiger partial charge in [0.15, 0.2) is 5.78 Å². The smallest absolute Gasteiger partial charge is 0.437 e. The van der Waals surface area contributed by atoms with Crippen molar-refractivity contribution in [1.29, 1.82) is 0 Å². The molecule has 0 saturated carbocycles. The van der Waals surface area contributed by atoms with Crippen LogP contribution in [-0.2, 0) is 4.74 Å². The van der Waals surface area contributed by atoms with E-state index in [0.29, 0.717) is 21.9 Å². The summed E-state index contributed by atoms with van der Waals surface area (Å²) < 4.78 is 9.20. The number of halogens is 1. The zero-order chi connectivity index (χ0) is 14.5. The third kappa shape index (κ3) is 3.36. The molecule has 0 aliphatic carbocycles. The minimum Gasteiger partial charge on any atom is -0.437 e. The van der Waals surface area contributed by atoms with Crippen molar-refractivity contribution in [3.8, 4) is 5.75 Å². The maximum Gasteiger partial charge on any atom is 0.513 e. The lowest BCUT2D eigenvalue weighted by Gasteiger charge is -2.04. The van der Waals surface area contributed by atoms with E-state index < -0.39 is 6.16 Å². The van der Waals surface area contributed by atoms with E-state index in [1.165, 1.54) is 19.2 Å². The Labute approximate surface area is 120 Å². The molecule has 0 N–H and O–H groups in total. The number of methoxy groups -OCH3 is 1. The molecule has 0 unspecified atom stereocenters. The van der Waals surface area contributed by atoms with Crippen LogP contribution >= 0.6 is 11.6 Å². The second-order valence-electron chi connectivity index (χ2n) is 3.92. The Hall–Kier alpha value is -2.33. The van der Waals surface area contributed by atoms with Crippen molar-refractivity contribution in [1.82, 2.24) is 0 Å². The van der Waals surface area contributed by atoms with Gasteiger partial charge in [-0.2, -0.15) is 0 Å². The predicted octanol–water partition coefficient (Wildman–Crippen LogP) is 3.72. The zero-order valence-electron chi connectivity index (χ0n) is 10.6. The molecule has 0 radical (unpaired) electrons. The fourth-order valence-corrected chi connectivity index (χ4v) is 1.71. The summed E-state index contributed by atoms with van der Waals surface area (Å²) in [5.74, 6) is 0.177. The van der Waals surface area contributed by atoms with E-state index in [-0.39, 0.29) is 5.78 Å². The molecule has 5 heteroatoms. The van der Waals surface area contributed by atoms with Gasteiger partial charge in [0.05, 0.1) is 7.11 Å². The lowest BCUT2D eigenvalue weighted by molar-refractivity contribution is 0.103. The van der Waals surface area contributed by atoms with Gasteiger partial charge in [-0.3, -0.25) is 4.79 Å². The molecule has 2 rings (SSSR count). The van der Waals surface area contributed by atoms with E-state index in [2.05, 4.69) is 4.74 Å². The van der Waals surface area contributed by atoms with E-state index in [0.717, 1.165) is 0 Å². The molecule has 0 saturated heterocycles. The van der Waals surface area contributed by atoms with E-state index in [9.17, 15) is 9.59 Å². The molecular formula is C15H11ClO4. The van der Waals surface area contributed by atoms with E-state index in [1.807, 2.05) is 0 Å². The van der Waals surface area contributed by atoms with Gasteiger partial charge in [-0.25, -0.2) is 4.79 Å². The fraction of sp³-hybridized carbons (Fsp3) is 0.0667. The van der Waals surface area contributed by atoms with Gasteiger partial charge in [0, 0.05) is 16.1 Å². The molecule has 0 aliphatic heterocycles. The number of benzene rings is 2. The minimum absolute atomic E-state index is 0.133. The van der Waals surface area contributed by atoms with Crippen molar-refractivity contribution in [2.45, 2.75) is 0 Å². The Morgan fingerprint density at radius 3 is 1.90 bits per heavy atom. The summed E-state index contributed by atoms with van der Waals surface area (Å²) in [5, 5.41) is 0.573. The Morgan fingerprint density at radius 2 is 1.40 bits per heavy atom. The summed E-state index contributed by atoms with van der Waals surface area (Å²) in [5.41, 5.74) is 1.03. The Bertz CT molecular complexity index is 617. The highest BCUT2D eigenvalue weighted by molar-refractivity contribution is 6.30. The van der Waals surface area contributed by atoms with Gasteiger partial charge in [-0.05, 0) is 48.5 Å². The van der Waals surface area contributed by atoms with Crippen molar-refractivity contribution in [3.05, 3.63) is 64.7 Å². The summed E-state index contributed by atoms with van der Waals surface area (Å²) in [6.07, 6.45) is -0.804.